The molecule has 4 amide bonds. The summed E-state index contributed by atoms with van der Waals surface area (Å²) in [6, 6.07) is 14.3. The van der Waals surface area contributed by atoms with Gasteiger partial charge in [0.2, 0.25) is 11.8 Å². The van der Waals surface area contributed by atoms with Gasteiger partial charge < -0.3 is 9.80 Å². The monoisotopic (exact) mass is 433 g/mol. The molecule has 2 aliphatic rings. The molecule has 0 unspecified atom stereocenters. The average molecular weight is 434 g/mol. The van der Waals surface area contributed by atoms with Gasteiger partial charge in [0.1, 0.15) is 0 Å². The van der Waals surface area contributed by atoms with E-state index in [2.05, 4.69) is 13.8 Å². The number of piperazine rings is 1. The zero-order chi connectivity index (χ0) is 22.8. The molecule has 0 bridgehead atoms. The SMILES string of the molecule is CC(C)c1ccc(C(=O)N2CCN(C(=O)c3ccc(N4C(=O)CCC4=O)cc3)CC2)cc1. The molecule has 2 saturated heterocycles. The molecule has 0 N–H and O–H groups in total. The van der Waals surface area contributed by atoms with Crippen LogP contribution in [0.25, 0.3) is 0 Å². The number of carbonyl (C=O) groups excluding carboxylic acids is 4. The first-order valence-corrected chi connectivity index (χ1v) is 11.0. The Morgan fingerprint density at radius 1 is 0.688 bits per heavy atom. The highest BCUT2D eigenvalue weighted by Crippen LogP contribution is 2.23. The van der Waals surface area contributed by atoms with Crippen molar-refractivity contribution in [2.45, 2.75) is 32.6 Å². The molecule has 4 rings (SSSR count). The summed E-state index contributed by atoms with van der Waals surface area (Å²) in [4.78, 5) is 54.1. The number of amides is 4. The molecule has 7 heteroatoms. The number of carbonyl (C=O) groups is 4. The van der Waals surface area contributed by atoms with Crippen LogP contribution >= 0.6 is 0 Å². The fourth-order valence-electron chi connectivity index (χ4n) is 4.11. The standard InChI is InChI=1S/C25H27N3O4/c1-17(2)18-3-5-19(6-4-18)24(31)26-13-15-27(16-14-26)25(32)20-7-9-21(10-8-20)28-22(29)11-12-23(28)30/h3-10,17H,11-16H2,1-2H3. The molecule has 2 aliphatic heterocycles. The summed E-state index contributed by atoms with van der Waals surface area (Å²) in [5.41, 5.74) is 2.85. The van der Waals surface area contributed by atoms with E-state index in [1.807, 2.05) is 24.3 Å². The smallest absolute Gasteiger partial charge is 0.253 e. The van der Waals surface area contributed by atoms with E-state index in [1.54, 1.807) is 34.1 Å². The summed E-state index contributed by atoms with van der Waals surface area (Å²) in [5.74, 6) is -0.151. The number of nitrogens with zero attached hydrogens (tertiary/aromatic N) is 3. The van der Waals surface area contributed by atoms with E-state index in [9.17, 15) is 19.2 Å². The molecule has 0 radical (unpaired) electrons. The molecular formula is C25H27N3O4. The van der Waals surface area contributed by atoms with Crippen LogP contribution in [0.5, 0.6) is 0 Å². The van der Waals surface area contributed by atoms with Crippen LogP contribution in [0.3, 0.4) is 0 Å². The molecule has 0 aliphatic carbocycles. The quantitative estimate of drug-likeness (QED) is 0.695. The molecule has 32 heavy (non-hydrogen) atoms. The second-order valence-corrected chi connectivity index (χ2v) is 8.53. The van der Waals surface area contributed by atoms with Gasteiger partial charge in [-0.25, -0.2) is 0 Å². The normalized spacial score (nSPS) is 16.8. The lowest BCUT2D eigenvalue weighted by Crippen LogP contribution is -2.50. The zero-order valence-corrected chi connectivity index (χ0v) is 18.4. The Balaban J connectivity index is 1.35. The Labute approximate surface area is 187 Å². The molecule has 0 spiro atoms. The first-order chi connectivity index (χ1) is 15.3. The van der Waals surface area contributed by atoms with Gasteiger partial charge >= 0.3 is 0 Å². The van der Waals surface area contributed by atoms with Crippen LogP contribution in [0.4, 0.5) is 5.69 Å². The van der Waals surface area contributed by atoms with E-state index in [1.165, 1.54) is 10.5 Å². The van der Waals surface area contributed by atoms with Gasteiger partial charge in [-0.3, -0.25) is 24.1 Å². The molecular weight excluding hydrogens is 406 g/mol. The Kier molecular flexibility index (Phi) is 6.08. The lowest BCUT2D eigenvalue weighted by atomic mass is 10.0. The van der Waals surface area contributed by atoms with Crippen molar-refractivity contribution in [3.8, 4) is 0 Å². The van der Waals surface area contributed by atoms with Crippen molar-refractivity contribution in [3.63, 3.8) is 0 Å². The van der Waals surface area contributed by atoms with Crippen molar-refractivity contribution in [2.75, 3.05) is 31.1 Å². The van der Waals surface area contributed by atoms with Crippen LogP contribution in [0.1, 0.15) is 58.9 Å². The van der Waals surface area contributed by atoms with Crippen molar-refractivity contribution in [1.29, 1.82) is 0 Å². The highest BCUT2D eigenvalue weighted by molar-refractivity contribution is 6.19. The van der Waals surface area contributed by atoms with Gasteiger partial charge in [-0.15, -0.1) is 0 Å². The van der Waals surface area contributed by atoms with Crippen LogP contribution in [0.15, 0.2) is 48.5 Å². The number of rotatable bonds is 4. The Bertz CT molecular complexity index is 1020. The molecule has 2 aromatic rings. The van der Waals surface area contributed by atoms with Gasteiger partial charge in [-0.2, -0.15) is 0 Å². The van der Waals surface area contributed by atoms with E-state index >= 15 is 0 Å². The molecule has 0 atom stereocenters. The molecule has 7 nitrogen and oxygen atoms in total. The van der Waals surface area contributed by atoms with E-state index in [0.29, 0.717) is 48.9 Å². The van der Waals surface area contributed by atoms with Crippen molar-refractivity contribution in [1.82, 2.24) is 9.80 Å². The third-order valence-corrected chi connectivity index (χ3v) is 6.10. The van der Waals surface area contributed by atoms with Crippen molar-refractivity contribution in [3.05, 3.63) is 65.2 Å². The van der Waals surface area contributed by atoms with E-state index in [-0.39, 0.29) is 36.5 Å². The van der Waals surface area contributed by atoms with Gasteiger partial charge in [0, 0.05) is 50.1 Å². The van der Waals surface area contributed by atoms with E-state index in [0.717, 1.165) is 0 Å². The van der Waals surface area contributed by atoms with Gasteiger partial charge in [-0.05, 0) is 47.9 Å². The number of hydrogen-bond acceptors (Lipinski definition) is 4. The topological polar surface area (TPSA) is 78.0 Å². The third kappa shape index (κ3) is 4.28. The minimum Gasteiger partial charge on any atom is -0.335 e. The van der Waals surface area contributed by atoms with Crippen LogP contribution in [-0.2, 0) is 9.59 Å². The molecule has 0 saturated carbocycles. The second-order valence-electron chi connectivity index (χ2n) is 8.53. The third-order valence-electron chi connectivity index (χ3n) is 6.10. The van der Waals surface area contributed by atoms with E-state index in [4.69, 9.17) is 0 Å². The summed E-state index contributed by atoms with van der Waals surface area (Å²) >= 11 is 0. The minimum atomic E-state index is -0.214. The fraction of sp³-hybridized carbons (Fsp3) is 0.360. The fourth-order valence-corrected chi connectivity index (χ4v) is 4.11. The zero-order valence-electron chi connectivity index (χ0n) is 18.4. The van der Waals surface area contributed by atoms with Crippen molar-refractivity contribution < 1.29 is 19.2 Å². The lowest BCUT2D eigenvalue weighted by Gasteiger charge is -2.35. The molecule has 2 aromatic carbocycles. The Morgan fingerprint density at radius 2 is 1.09 bits per heavy atom. The first kappa shape index (κ1) is 21.7. The maximum atomic E-state index is 12.9. The number of imide groups is 1. The summed E-state index contributed by atoms with van der Waals surface area (Å²) in [5, 5.41) is 0. The molecule has 2 fully saturated rings. The van der Waals surface area contributed by atoms with Crippen LogP contribution in [0, 0.1) is 0 Å². The van der Waals surface area contributed by atoms with Crippen molar-refractivity contribution in [2.24, 2.45) is 0 Å². The number of benzene rings is 2. The van der Waals surface area contributed by atoms with Crippen molar-refractivity contribution >= 4 is 29.3 Å². The van der Waals surface area contributed by atoms with Gasteiger partial charge in [-0.1, -0.05) is 26.0 Å². The first-order valence-electron chi connectivity index (χ1n) is 11.0. The predicted molar refractivity (Wildman–Crippen MR) is 121 cm³/mol. The van der Waals surface area contributed by atoms with Crippen LogP contribution < -0.4 is 4.90 Å². The summed E-state index contributed by atoms with van der Waals surface area (Å²) < 4.78 is 0. The van der Waals surface area contributed by atoms with Crippen LogP contribution in [-0.4, -0.2) is 59.6 Å². The maximum Gasteiger partial charge on any atom is 0.253 e. The summed E-state index contributed by atoms with van der Waals surface area (Å²) in [6.45, 7) is 6.11. The van der Waals surface area contributed by atoms with Gasteiger partial charge in [0.15, 0.2) is 0 Å². The largest absolute Gasteiger partial charge is 0.335 e. The van der Waals surface area contributed by atoms with Gasteiger partial charge in [0.05, 0.1) is 5.69 Å². The lowest BCUT2D eigenvalue weighted by molar-refractivity contribution is -0.121. The average Bonchev–Trinajstić information content (AvgIpc) is 3.16. The van der Waals surface area contributed by atoms with Gasteiger partial charge in [0.25, 0.3) is 11.8 Å². The number of hydrogen-bond donors (Lipinski definition) is 0. The Hall–Kier alpha value is -3.48. The van der Waals surface area contributed by atoms with Crippen LogP contribution in [0.2, 0.25) is 0 Å². The summed E-state index contributed by atoms with van der Waals surface area (Å²) in [7, 11) is 0. The molecule has 2 heterocycles. The molecule has 166 valence electrons. The Morgan fingerprint density at radius 3 is 1.50 bits per heavy atom. The summed E-state index contributed by atoms with van der Waals surface area (Å²) in [6.07, 6.45) is 0.453. The minimum absolute atomic E-state index is 0.0169. The highest BCUT2D eigenvalue weighted by atomic mass is 16.2. The second kappa shape index (κ2) is 8.94. The predicted octanol–water partition coefficient (Wildman–Crippen LogP) is 3.06. The highest BCUT2D eigenvalue weighted by Gasteiger charge is 2.30. The maximum absolute atomic E-state index is 12.9. The van der Waals surface area contributed by atoms with E-state index < -0.39 is 0 Å². The number of anilines is 1. The molecule has 0 aromatic heterocycles.